The number of hydrogen-bond acceptors (Lipinski definition) is 6. The molecule has 2 saturated heterocycles. The molecule has 2 aliphatic heterocycles. The van der Waals surface area contributed by atoms with Gasteiger partial charge in [0.05, 0.1) is 5.52 Å². The van der Waals surface area contributed by atoms with Crippen molar-refractivity contribution in [1.82, 2.24) is 20.2 Å². The van der Waals surface area contributed by atoms with E-state index in [4.69, 9.17) is 9.97 Å². The van der Waals surface area contributed by atoms with Crippen molar-refractivity contribution < 1.29 is 9.59 Å². The molecule has 2 amide bonds. The van der Waals surface area contributed by atoms with Crippen molar-refractivity contribution in [3.8, 4) is 0 Å². The molecule has 8 nitrogen and oxygen atoms in total. The number of anilines is 2. The number of aryl methyl sites for hydroxylation is 1. The molecule has 2 fully saturated rings. The molecular weight excluding hydrogens is 428 g/mol. The fourth-order valence-corrected chi connectivity index (χ4v) is 5.17. The number of amides is 2. The first-order valence-electron chi connectivity index (χ1n) is 12.1. The van der Waals surface area contributed by atoms with E-state index in [2.05, 4.69) is 61.1 Å². The first kappa shape index (κ1) is 24.0. The fraction of sp³-hybridized carbons (Fsp3) is 0.538. The van der Waals surface area contributed by atoms with Gasteiger partial charge >= 0.3 is 0 Å². The van der Waals surface area contributed by atoms with E-state index in [1.807, 2.05) is 4.90 Å². The van der Waals surface area contributed by atoms with Crippen molar-refractivity contribution in [3.05, 3.63) is 36.4 Å². The summed E-state index contributed by atoms with van der Waals surface area (Å²) < 4.78 is 0. The van der Waals surface area contributed by atoms with E-state index in [1.54, 1.807) is 7.05 Å². The number of nitrogens with one attached hydrogen (secondary N) is 2. The zero-order chi connectivity index (χ0) is 24.5. The standard InChI is InChI=1S/C26H36N6O2/c1-6-23(34)32-15-26(16-32)9-10-31(14-26)25-29-21-12-18(4)7-8-20(21)24(30-25)28-19(11-17(2)3)13-22(33)27-5/h6-8,12,17,19H,1,9-11,13-16H2,2-5H3,(H,27,33)(H,28,29,30). The molecular formula is C26H36N6O2. The van der Waals surface area contributed by atoms with E-state index in [0.717, 1.165) is 61.3 Å². The highest BCUT2D eigenvalue weighted by Gasteiger charge is 2.49. The number of likely N-dealkylation sites (tertiary alicyclic amines) is 1. The highest BCUT2D eigenvalue weighted by Crippen LogP contribution is 2.41. The van der Waals surface area contributed by atoms with Crippen molar-refractivity contribution in [2.45, 2.75) is 46.1 Å². The molecule has 34 heavy (non-hydrogen) atoms. The van der Waals surface area contributed by atoms with Crippen LogP contribution in [-0.4, -0.2) is 66.0 Å². The minimum Gasteiger partial charge on any atom is -0.366 e. The molecule has 1 spiro atoms. The zero-order valence-electron chi connectivity index (χ0n) is 20.7. The van der Waals surface area contributed by atoms with Crippen LogP contribution in [0.3, 0.4) is 0 Å². The smallest absolute Gasteiger partial charge is 0.245 e. The van der Waals surface area contributed by atoms with Crippen LogP contribution in [0, 0.1) is 18.3 Å². The second-order valence-corrected chi connectivity index (χ2v) is 10.3. The minimum absolute atomic E-state index is 0.000280. The second-order valence-electron chi connectivity index (χ2n) is 10.3. The summed E-state index contributed by atoms with van der Waals surface area (Å²) in [5.74, 6) is 1.93. The van der Waals surface area contributed by atoms with Crippen LogP contribution >= 0.6 is 0 Å². The Bertz CT molecular complexity index is 1090. The van der Waals surface area contributed by atoms with Gasteiger partial charge in [-0.1, -0.05) is 26.5 Å². The third-order valence-electron chi connectivity index (χ3n) is 6.91. The van der Waals surface area contributed by atoms with Gasteiger partial charge in [-0.05, 0) is 49.5 Å². The number of aromatic nitrogens is 2. The van der Waals surface area contributed by atoms with Crippen LogP contribution < -0.4 is 15.5 Å². The molecule has 2 aliphatic rings. The maximum Gasteiger partial charge on any atom is 0.245 e. The Morgan fingerprint density at radius 1 is 1.24 bits per heavy atom. The molecule has 0 saturated carbocycles. The lowest BCUT2D eigenvalue weighted by Gasteiger charge is -2.47. The van der Waals surface area contributed by atoms with Gasteiger partial charge < -0.3 is 20.4 Å². The molecule has 1 aromatic carbocycles. The van der Waals surface area contributed by atoms with Crippen LogP contribution in [0.2, 0.25) is 0 Å². The van der Waals surface area contributed by atoms with E-state index in [1.165, 1.54) is 6.08 Å². The van der Waals surface area contributed by atoms with Crippen LogP contribution in [0.1, 0.15) is 38.7 Å². The zero-order valence-corrected chi connectivity index (χ0v) is 20.7. The van der Waals surface area contributed by atoms with Gasteiger partial charge in [0.1, 0.15) is 5.82 Å². The Kier molecular flexibility index (Phi) is 6.77. The summed E-state index contributed by atoms with van der Waals surface area (Å²) in [5.41, 5.74) is 2.15. The van der Waals surface area contributed by atoms with E-state index >= 15 is 0 Å². The number of carbonyl (C=O) groups is 2. The van der Waals surface area contributed by atoms with E-state index in [9.17, 15) is 9.59 Å². The summed E-state index contributed by atoms with van der Waals surface area (Å²) in [7, 11) is 1.67. The van der Waals surface area contributed by atoms with Crippen LogP contribution in [0.4, 0.5) is 11.8 Å². The van der Waals surface area contributed by atoms with Crippen LogP contribution in [0.25, 0.3) is 10.9 Å². The van der Waals surface area contributed by atoms with E-state index < -0.39 is 0 Å². The summed E-state index contributed by atoms with van der Waals surface area (Å²) in [6.07, 6.45) is 3.65. The van der Waals surface area contributed by atoms with Crippen molar-refractivity contribution in [2.24, 2.45) is 11.3 Å². The number of benzene rings is 1. The van der Waals surface area contributed by atoms with E-state index in [0.29, 0.717) is 18.3 Å². The van der Waals surface area contributed by atoms with Crippen molar-refractivity contribution in [3.63, 3.8) is 0 Å². The lowest BCUT2D eigenvalue weighted by atomic mass is 9.79. The number of fused-ring (bicyclic) bond motifs is 1. The monoisotopic (exact) mass is 464 g/mol. The molecule has 8 heteroatoms. The first-order chi connectivity index (χ1) is 16.2. The van der Waals surface area contributed by atoms with Gasteiger partial charge in [0.2, 0.25) is 17.8 Å². The molecule has 182 valence electrons. The largest absolute Gasteiger partial charge is 0.366 e. The molecule has 0 aliphatic carbocycles. The molecule has 2 N–H and O–H groups in total. The van der Waals surface area contributed by atoms with Gasteiger partial charge in [-0.15, -0.1) is 0 Å². The molecule has 3 heterocycles. The summed E-state index contributed by atoms with van der Waals surface area (Å²) in [5, 5.41) is 7.28. The average Bonchev–Trinajstić information content (AvgIpc) is 3.22. The summed E-state index contributed by atoms with van der Waals surface area (Å²) >= 11 is 0. The highest BCUT2D eigenvalue weighted by molar-refractivity contribution is 5.91. The Labute approximate surface area is 201 Å². The Morgan fingerprint density at radius 2 is 2.00 bits per heavy atom. The Balaban J connectivity index is 1.61. The van der Waals surface area contributed by atoms with Crippen molar-refractivity contribution in [2.75, 3.05) is 43.4 Å². The van der Waals surface area contributed by atoms with Crippen molar-refractivity contribution >= 4 is 34.5 Å². The topological polar surface area (TPSA) is 90.5 Å². The number of hydrogen-bond donors (Lipinski definition) is 2. The quantitative estimate of drug-likeness (QED) is 0.584. The summed E-state index contributed by atoms with van der Waals surface area (Å²) in [4.78, 5) is 38.0. The first-order valence-corrected chi connectivity index (χ1v) is 12.1. The molecule has 1 aromatic heterocycles. The van der Waals surface area contributed by atoms with Gasteiger partial charge in [0.25, 0.3) is 0 Å². The predicted molar refractivity (Wildman–Crippen MR) is 136 cm³/mol. The fourth-order valence-electron chi connectivity index (χ4n) is 5.17. The Morgan fingerprint density at radius 3 is 2.68 bits per heavy atom. The molecule has 2 aromatic rings. The lowest BCUT2D eigenvalue weighted by Crippen LogP contribution is -2.59. The second kappa shape index (κ2) is 9.60. The number of rotatable bonds is 8. The third-order valence-corrected chi connectivity index (χ3v) is 6.91. The predicted octanol–water partition coefficient (Wildman–Crippen LogP) is 3.13. The highest BCUT2D eigenvalue weighted by atomic mass is 16.2. The average molecular weight is 465 g/mol. The molecule has 0 radical (unpaired) electrons. The van der Waals surface area contributed by atoms with E-state index in [-0.39, 0.29) is 23.3 Å². The molecule has 1 atom stereocenters. The number of nitrogens with zero attached hydrogens (tertiary/aromatic N) is 4. The normalized spacial score (nSPS) is 17.7. The summed E-state index contributed by atoms with van der Waals surface area (Å²) in [6, 6.07) is 6.18. The third kappa shape index (κ3) is 5.00. The maximum atomic E-state index is 12.2. The van der Waals surface area contributed by atoms with Gasteiger partial charge in [0, 0.05) is 56.5 Å². The van der Waals surface area contributed by atoms with Gasteiger partial charge in [-0.3, -0.25) is 9.59 Å². The van der Waals surface area contributed by atoms with Crippen molar-refractivity contribution in [1.29, 1.82) is 0 Å². The molecule has 4 rings (SSSR count). The lowest BCUT2D eigenvalue weighted by molar-refractivity contribution is -0.136. The van der Waals surface area contributed by atoms with Crippen LogP contribution in [0.15, 0.2) is 30.9 Å². The van der Waals surface area contributed by atoms with Crippen LogP contribution in [-0.2, 0) is 9.59 Å². The molecule has 1 unspecified atom stereocenters. The van der Waals surface area contributed by atoms with Gasteiger partial charge in [-0.25, -0.2) is 4.98 Å². The van der Waals surface area contributed by atoms with Gasteiger partial charge in [0.15, 0.2) is 0 Å². The number of carbonyl (C=O) groups excluding carboxylic acids is 2. The molecule has 0 bridgehead atoms. The van der Waals surface area contributed by atoms with Gasteiger partial charge in [-0.2, -0.15) is 4.98 Å². The SMILES string of the molecule is C=CC(=O)N1CC2(CCN(c3nc(NC(CC(=O)NC)CC(C)C)c4ccc(C)cc4n3)C2)C1. The summed E-state index contributed by atoms with van der Waals surface area (Å²) in [6.45, 7) is 13.2. The maximum absolute atomic E-state index is 12.2. The van der Waals surface area contributed by atoms with Crippen LogP contribution in [0.5, 0.6) is 0 Å². The Hall–Kier alpha value is -3.16. The minimum atomic E-state index is -0.0257.